The first-order chi connectivity index (χ1) is 10.4. The molecule has 22 heavy (non-hydrogen) atoms. The van der Waals surface area contributed by atoms with Crippen LogP contribution in [0.4, 0.5) is 0 Å². The highest BCUT2D eigenvalue weighted by molar-refractivity contribution is 7.89. The molecule has 2 aromatic rings. The van der Waals surface area contributed by atoms with Gasteiger partial charge in [-0.3, -0.25) is 9.78 Å². The first-order valence-corrected chi connectivity index (χ1v) is 8.91. The van der Waals surface area contributed by atoms with E-state index >= 15 is 0 Å². The average Bonchev–Trinajstić information content (AvgIpc) is 3.17. The maximum atomic E-state index is 12.8. The lowest BCUT2D eigenvalue weighted by Gasteiger charge is -2.16. The Hall–Kier alpha value is -1.67. The van der Waals surface area contributed by atoms with Crippen molar-refractivity contribution in [2.24, 2.45) is 0 Å². The zero-order chi connectivity index (χ0) is 15.9. The van der Waals surface area contributed by atoms with Gasteiger partial charge in [-0.15, -0.1) is 0 Å². The molecule has 1 unspecified atom stereocenters. The summed E-state index contributed by atoms with van der Waals surface area (Å²) < 4.78 is 28.9. The number of nitrogens with zero attached hydrogens (tertiary/aromatic N) is 4. The van der Waals surface area contributed by atoms with Crippen LogP contribution >= 0.6 is 0 Å². The highest BCUT2D eigenvalue weighted by Gasteiger charge is 2.36. The van der Waals surface area contributed by atoms with Crippen molar-refractivity contribution in [3.8, 4) is 0 Å². The van der Waals surface area contributed by atoms with Gasteiger partial charge >= 0.3 is 0 Å². The predicted molar refractivity (Wildman–Crippen MR) is 82.1 cm³/mol. The van der Waals surface area contributed by atoms with Gasteiger partial charge in [0.2, 0.25) is 10.0 Å². The van der Waals surface area contributed by atoms with Gasteiger partial charge in [-0.05, 0) is 32.8 Å². The Bertz CT molecular complexity index is 777. The van der Waals surface area contributed by atoms with E-state index in [1.807, 2.05) is 13.8 Å². The molecule has 0 aromatic carbocycles. The minimum absolute atomic E-state index is 0.179. The fourth-order valence-electron chi connectivity index (χ4n) is 3.09. The summed E-state index contributed by atoms with van der Waals surface area (Å²) in [5, 5.41) is 11.2. The highest BCUT2D eigenvalue weighted by atomic mass is 32.2. The molecule has 2 aromatic heterocycles. The Morgan fingerprint density at radius 3 is 2.73 bits per heavy atom. The molecule has 0 radical (unpaired) electrons. The van der Waals surface area contributed by atoms with Crippen LogP contribution in [0.3, 0.4) is 0 Å². The van der Waals surface area contributed by atoms with Crippen molar-refractivity contribution in [1.82, 2.24) is 24.3 Å². The number of aryl methyl sites for hydroxylation is 2. The van der Waals surface area contributed by atoms with Crippen molar-refractivity contribution in [1.29, 1.82) is 0 Å². The molecule has 0 aliphatic carbocycles. The number of hydrogen-bond donors (Lipinski definition) is 1. The summed E-state index contributed by atoms with van der Waals surface area (Å²) in [4.78, 5) is 0.316. The van der Waals surface area contributed by atoms with Crippen LogP contribution < -0.4 is 0 Å². The predicted octanol–water partition coefficient (Wildman–Crippen LogP) is 1.42. The lowest BCUT2D eigenvalue weighted by Crippen LogP contribution is -2.29. The van der Waals surface area contributed by atoms with Crippen molar-refractivity contribution < 1.29 is 8.42 Å². The number of hydrogen-bond acceptors (Lipinski definition) is 4. The van der Waals surface area contributed by atoms with Crippen LogP contribution in [0.2, 0.25) is 0 Å². The van der Waals surface area contributed by atoms with Crippen LogP contribution in [0.15, 0.2) is 17.3 Å². The summed E-state index contributed by atoms with van der Waals surface area (Å²) >= 11 is 0. The number of aromatic amines is 1. The molecule has 8 heteroatoms. The quantitative estimate of drug-likeness (QED) is 0.922. The first-order valence-electron chi connectivity index (χ1n) is 7.47. The van der Waals surface area contributed by atoms with Gasteiger partial charge in [-0.2, -0.15) is 14.5 Å². The molecule has 1 fully saturated rings. The van der Waals surface area contributed by atoms with Crippen molar-refractivity contribution >= 4 is 10.0 Å². The standard InChI is InChI=1S/C14H21N5O2S/c1-4-19-11(3)13(8-16-19)22(20,21)18-6-5-12(9-18)14-10(2)7-15-17-14/h7-8,12H,4-6,9H2,1-3H3,(H,15,17). The molecule has 1 aliphatic rings. The first kappa shape index (κ1) is 15.2. The third kappa shape index (κ3) is 2.36. The van der Waals surface area contributed by atoms with E-state index in [4.69, 9.17) is 0 Å². The molecule has 1 saturated heterocycles. The molecule has 7 nitrogen and oxygen atoms in total. The summed E-state index contributed by atoms with van der Waals surface area (Å²) in [5.74, 6) is 0.179. The minimum Gasteiger partial charge on any atom is -0.282 e. The maximum Gasteiger partial charge on any atom is 0.246 e. The fourth-order valence-corrected chi connectivity index (χ4v) is 4.75. The van der Waals surface area contributed by atoms with E-state index in [1.165, 1.54) is 6.20 Å². The van der Waals surface area contributed by atoms with Crippen molar-refractivity contribution in [3.63, 3.8) is 0 Å². The van der Waals surface area contributed by atoms with Crippen LogP contribution in [0.1, 0.15) is 36.2 Å². The average molecular weight is 323 g/mol. The summed E-state index contributed by atoms with van der Waals surface area (Å²) in [6, 6.07) is 0. The smallest absolute Gasteiger partial charge is 0.246 e. The lowest BCUT2D eigenvalue weighted by atomic mass is 10.0. The Morgan fingerprint density at radius 2 is 2.14 bits per heavy atom. The second kappa shape index (κ2) is 5.51. The minimum atomic E-state index is -3.48. The van der Waals surface area contributed by atoms with Crippen LogP contribution in [0.5, 0.6) is 0 Å². The number of aromatic nitrogens is 4. The molecule has 0 amide bonds. The van der Waals surface area contributed by atoms with E-state index in [0.29, 0.717) is 30.2 Å². The maximum absolute atomic E-state index is 12.8. The van der Waals surface area contributed by atoms with E-state index < -0.39 is 10.0 Å². The molecule has 3 heterocycles. The molecule has 0 saturated carbocycles. The van der Waals surface area contributed by atoms with Gasteiger partial charge in [0.1, 0.15) is 4.90 Å². The van der Waals surface area contributed by atoms with E-state index in [0.717, 1.165) is 17.7 Å². The SMILES string of the molecule is CCn1ncc(S(=O)(=O)N2CCC(c3[nH]ncc3C)C2)c1C. The van der Waals surface area contributed by atoms with Gasteiger partial charge in [-0.1, -0.05) is 0 Å². The van der Waals surface area contributed by atoms with Gasteiger partial charge in [0.05, 0.1) is 18.1 Å². The normalized spacial score (nSPS) is 19.9. The topological polar surface area (TPSA) is 83.9 Å². The zero-order valence-corrected chi connectivity index (χ0v) is 13.9. The van der Waals surface area contributed by atoms with Gasteiger partial charge in [0, 0.05) is 31.2 Å². The second-order valence-electron chi connectivity index (χ2n) is 5.73. The van der Waals surface area contributed by atoms with Crippen LogP contribution in [-0.4, -0.2) is 45.8 Å². The number of rotatable bonds is 4. The van der Waals surface area contributed by atoms with Crippen molar-refractivity contribution in [2.45, 2.75) is 44.6 Å². The Labute approximate surface area is 130 Å². The summed E-state index contributed by atoms with van der Waals surface area (Å²) in [5.41, 5.74) is 2.82. The second-order valence-corrected chi connectivity index (χ2v) is 7.63. The molecular formula is C14H21N5O2S. The van der Waals surface area contributed by atoms with E-state index in [-0.39, 0.29) is 5.92 Å². The number of H-pyrrole nitrogens is 1. The van der Waals surface area contributed by atoms with Gasteiger partial charge in [0.15, 0.2) is 0 Å². The summed E-state index contributed by atoms with van der Waals surface area (Å²) in [6.07, 6.45) is 4.05. The molecule has 3 rings (SSSR count). The Morgan fingerprint density at radius 1 is 1.36 bits per heavy atom. The van der Waals surface area contributed by atoms with Gasteiger partial charge < -0.3 is 0 Å². The molecule has 120 valence electrons. The molecular weight excluding hydrogens is 302 g/mol. The molecule has 1 N–H and O–H groups in total. The Kier molecular flexibility index (Phi) is 3.82. The highest BCUT2D eigenvalue weighted by Crippen LogP contribution is 2.32. The third-order valence-electron chi connectivity index (χ3n) is 4.40. The van der Waals surface area contributed by atoms with Gasteiger partial charge in [-0.25, -0.2) is 8.42 Å². The van der Waals surface area contributed by atoms with E-state index in [2.05, 4.69) is 15.3 Å². The third-order valence-corrected chi connectivity index (χ3v) is 6.37. The van der Waals surface area contributed by atoms with E-state index in [9.17, 15) is 8.42 Å². The number of sulfonamides is 1. The van der Waals surface area contributed by atoms with Crippen molar-refractivity contribution in [3.05, 3.63) is 29.3 Å². The van der Waals surface area contributed by atoms with Crippen LogP contribution in [-0.2, 0) is 16.6 Å². The molecule has 1 atom stereocenters. The lowest BCUT2D eigenvalue weighted by molar-refractivity contribution is 0.471. The molecule has 0 bridgehead atoms. The van der Waals surface area contributed by atoms with Crippen molar-refractivity contribution in [2.75, 3.05) is 13.1 Å². The summed E-state index contributed by atoms with van der Waals surface area (Å²) in [6.45, 7) is 7.42. The van der Waals surface area contributed by atoms with Crippen LogP contribution in [0, 0.1) is 13.8 Å². The zero-order valence-electron chi connectivity index (χ0n) is 13.1. The van der Waals surface area contributed by atoms with Crippen LogP contribution in [0.25, 0.3) is 0 Å². The molecule has 0 spiro atoms. The van der Waals surface area contributed by atoms with Gasteiger partial charge in [0.25, 0.3) is 0 Å². The Balaban J connectivity index is 1.85. The molecule has 1 aliphatic heterocycles. The number of nitrogens with one attached hydrogen (secondary N) is 1. The largest absolute Gasteiger partial charge is 0.282 e. The summed E-state index contributed by atoms with van der Waals surface area (Å²) in [7, 11) is -3.48. The fraction of sp³-hybridized carbons (Fsp3) is 0.571. The monoisotopic (exact) mass is 323 g/mol. The van der Waals surface area contributed by atoms with E-state index in [1.54, 1.807) is 22.1 Å².